The predicted octanol–water partition coefficient (Wildman–Crippen LogP) is 1.65. The average molecular weight is 216 g/mol. The molecule has 0 radical (unpaired) electrons. The van der Waals surface area contributed by atoms with Crippen molar-refractivity contribution in [1.82, 2.24) is 5.43 Å². The fourth-order valence-corrected chi connectivity index (χ4v) is 1.09. The van der Waals surface area contributed by atoms with Gasteiger partial charge in [-0.3, -0.25) is 0 Å². The lowest BCUT2D eigenvalue weighted by Gasteiger charge is -2.04. The molecule has 0 aliphatic rings. The summed E-state index contributed by atoms with van der Waals surface area (Å²) in [5, 5.41) is 21.1. The molecule has 1 aromatic heterocycles. The first kappa shape index (κ1) is 11.8. The fraction of sp³-hybridized carbons (Fsp3) is 0.364. The summed E-state index contributed by atoms with van der Waals surface area (Å²) in [5.41, 5.74) is 2.76. The van der Waals surface area contributed by atoms with Crippen molar-refractivity contribution in [3.05, 3.63) is 24.2 Å². The number of hydrazone groups is 1. The molecular weight excluding hydrogens is 204 g/mol. The highest BCUT2D eigenvalue weighted by molar-refractivity contribution is 5.75. The summed E-state index contributed by atoms with van der Waals surface area (Å²) in [6.07, 6.45) is 4.06. The van der Waals surface area contributed by atoms with Crippen LogP contribution in [-0.4, -0.2) is 12.8 Å². The molecule has 0 fully saturated rings. The van der Waals surface area contributed by atoms with Crippen molar-refractivity contribution in [1.29, 1.82) is 10.5 Å². The Bertz CT molecular complexity index is 397. The Morgan fingerprint density at radius 1 is 1.56 bits per heavy atom. The summed E-state index contributed by atoms with van der Waals surface area (Å²) in [4.78, 5) is 0. The van der Waals surface area contributed by atoms with Crippen LogP contribution in [0, 0.1) is 28.6 Å². The van der Waals surface area contributed by atoms with Gasteiger partial charge in [-0.1, -0.05) is 0 Å². The van der Waals surface area contributed by atoms with Crippen LogP contribution in [0.15, 0.2) is 27.9 Å². The van der Waals surface area contributed by atoms with Gasteiger partial charge in [-0.05, 0) is 18.6 Å². The van der Waals surface area contributed by atoms with E-state index in [0.717, 1.165) is 0 Å². The van der Waals surface area contributed by atoms with Crippen LogP contribution < -0.4 is 5.43 Å². The Balaban J connectivity index is 2.24. The normalized spacial score (nSPS) is 11.9. The Morgan fingerprint density at radius 2 is 2.44 bits per heavy atom. The van der Waals surface area contributed by atoms with Crippen LogP contribution in [0.4, 0.5) is 0 Å². The van der Waals surface area contributed by atoms with Gasteiger partial charge in [0.2, 0.25) is 0 Å². The molecule has 5 heteroatoms. The van der Waals surface area contributed by atoms with Gasteiger partial charge in [0, 0.05) is 13.0 Å². The molecule has 0 aliphatic carbocycles. The molecule has 0 spiro atoms. The predicted molar refractivity (Wildman–Crippen MR) is 58.3 cm³/mol. The lowest BCUT2D eigenvalue weighted by molar-refractivity contribution is 0.546. The van der Waals surface area contributed by atoms with Crippen LogP contribution in [0.5, 0.6) is 0 Å². The highest BCUT2D eigenvalue weighted by Gasteiger charge is 2.05. The van der Waals surface area contributed by atoms with Gasteiger partial charge in [0.05, 0.1) is 30.5 Å². The summed E-state index contributed by atoms with van der Waals surface area (Å²) >= 11 is 0. The Kier molecular flexibility index (Phi) is 5.22. The molecule has 0 aromatic carbocycles. The molecule has 5 nitrogen and oxygen atoms in total. The van der Waals surface area contributed by atoms with Crippen molar-refractivity contribution < 1.29 is 4.42 Å². The summed E-state index contributed by atoms with van der Waals surface area (Å²) in [5.74, 6) is 0.464. The van der Waals surface area contributed by atoms with Gasteiger partial charge in [-0.15, -0.1) is 0 Å². The topological polar surface area (TPSA) is 85.1 Å². The summed E-state index contributed by atoms with van der Waals surface area (Å²) in [6.45, 7) is 0.440. The largest absolute Gasteiger partial charge is 0.463 e. The highest BCUT2D eigenvalue weighted by Crippen LogP contribution is 2.02. The third-order valence-electron chi connectivity index (χ3n) is 1.95. The van der Waals surface area contributed by atoms with E-state index in [1.165, 1.54) is 0 Å². The number of nitriles is 2. The zero-order chi connectivity index (χ0) is 11.6. The van der Waals surface area contributed by atoms with Crippen molar-refractivity contribution in [2.24, 2.45) is 11.0 Å². The molecule has 0 amide bonds. The smallest absolute Gasteiger partial charge is 0.146 e. The molecule has 1 aromatic rings. The second-order valence-electron chi connectivity index (χ2n) is 3.16. The van der Waals surface area contributed by atoms with Gasteiger partial charge in [-0.25, -0.2) is 0 Å². The zero-order valence-electron chi connectivity index (χ0n) is 8.76. The van der Waals surface area contributed by atoms with Gasteiger partial charge in [0.25, 0.3) is 0 Å². The van der Waals surface area contributed by atoms with Crippen molar-refractivity contribution in [2.75, 3.05) is 6.54 Å². The molecule has 82 valence electrons. The van der Waals surface area contributed by atoms with E-state index >= 15 is 0 Å². The van der Waals surface area contributed by atoms with E-state index in [2.05, 4.69) is 16.6 Å². The molecule has 1 unspecified atom stereocenters. The third kappa shape index (κ3) is 4.30. The quantitative estimate of drug-likeness (QED) is 0.578. The summed E-state index contributed by atoms with van der Waals surface area (Å²) in [7, 11) is 0. The molecule has 0 bridgehead atoms. The molecule has 1 N–H and O–H groups in total. The van der Waals surface area contributed by atoms with Crippen LogP contribution in [0.3, 0.4) is 0 Å². The van der Waals surface area contributed by atoms with E-state index in [1.54, 1.807) is 24.6 Å². The average Bonchev–Trinajstić information content (AvgIpc) is 2.81. The lowest BCUT2D eigenvalue weighted by Crippen LogP contribution is -2.17. The molecule has 1 heterocycles. The molecule has 0 aliphatic heterocycles. The Labute approximate surface area is 94.0 Å². The van der Waals surface area contributed by atoms with E-state index in [4.69, 9.17) is 14.9 Å². The van der Waals surface area contributed by atoms with E-state index in [0.29, 0.717) is 25.1 Å². The monoisotopic (exact) mass is 216 g/mol. The van der Waals surface area contributed by atoms with Crippen LogP contribution in [0.1, 0.15) is 18.6 Å². The van der Waals surface area contributed by atoms with Gasteiger partial charge < -0.3 is 9.84 Å². The minimum atomic E-state index is -0.187. The third-order valence-corrected chi connectivity index (χ3v) is 1.95. The van der Waals surface area contributed by atoms with Gasteiger partial charge >= 0.3 is 0 Å². The maximum atomic E-state index is 8.77. The van der Waals surface area contributed by atoms with Crippen LogP contribution >= 0.6 is 0 Å². The minimum absolute atomic E-state index is 0.187. The van der Waals surface area contributed by atoms with Crippen LogP contribution in [0.2, 0.25) is 0 Å². The lowest BCUT2D eigenvalue weighted by atomic mass is 10.1. The van der Waals surface area contributed by atoms with Gasteiger partial charge in [0.15, 0.2) is 0 Å². The molecule has 1 atom stereocenters. The number of nitrogens with one attached hydrogen (secondary N) is 1. The number of hydrogen-bond donors (Lipinski definition) is 1. The maximum absolute atomic E-state index is 8.77. The van der Waals surface area contributed by atoms with E-state index in [1.807, 2.05) is 6.07 Å². The zero-order valence-corrected chi connectivity index (χ0v) is 8.76. The highest BCUT2D eigenvalue weighted by atomic mass is 16.3. The molecule has 0 saturated carbocycles. The first-order valence-electron chi connectivity index (χ1n) is 4.93. The van der Waals surface area contributed by atoms with E-state index < -0.39 is 0 Å². The Hall–Kier alpha value is -2.27. The second kappa shape index (κ2) is 7.08. The standard InChI is InChI=1S/C11H12N4O/c12-5-1-3-10(7-13)8-14-15-9-11-4-2-6-16-11/h2,4,6,9-10,14H,1,3,8H2. The van der Waals surface area contributed by atoms with Crippen LogP contribution in [0.25, 0.3) is 0 Å². The molecule has 0 saturated heterocycles. The maximum Gasteiger partial charge on any atom is 0.146 e. The van der Waals surface area contributed by atoms with Crippen LogP contribution in [-0.2, 0) is 0 Å². The second-order valence-corrected chi connectivity index (χ2v) is 3.16. The SMILES string of the molecule is N#CCCC(C#N)CNN=Cc1ccco1. The van der Waals surface area contributed by atoms with Crippen molar-refractivity contribution in [3.8, 4) is 12.1 Å². The van der Waals surface area contributed by atoms with Gasteiger partial charge in [-0.2, -0.15) is 15.6 Å². The minimum Gasteiger partial charge on any atom is -0.463 e. The van der Waals surface area contributed by atoms with Crippen molar-refractivity contribution >= 4 is 6.21 Å². The molecule has 16 heavy (non-hydrogen) atoms. The van der Waals surface area contributed by atoms with E-state index in [-0.39, 0.29) is 5.92 Å². The number of rotatable bonds is 6. The molecular formula is C11H12N4O. The first-order chi connectivity index (χ1) is 7.86. The van der Waals surface area contributed by atoms with Crippen molar-refractivity contribution in [2.45, 2.75) is 12.8 Å². The number of hydrogen-bond acceptors (Lipinski definition) is 5. The van der Waals surface area contributed by atoms with E-state index in [9.17, 15) is 0 Å². The number of furan rings is 1. The summed E-state index contributed by atoms with van der Waals surface area (Å²) < 4.78 is 5.03. The fourth-order valence-electron chi connectivity index (χ4n) is 1.09. The summed E-state index contributed by atoms with van der Waals surface area (Å²) in [6, 6.07) is 7.68. The first-order valence-corrected chi connectivity index (χ1v) is 4.93. The number of nitrogens with zero attached hydrogens (tertiary/aromatic N) is 3. The Morgan fingerprint density at radius 3 is 3.06 bits per heavy atom. The molecule has 1 rings (SSSR count). The van der Waals surface area contributed by atoms with Crippen molar-refractivity contribution in [3.63, 3.8) is 0 Å². The van der Waals surface area contributed by atoms with Gasteiger partial charge in [0.1, 0.15) is 5.76 Å².